The molecular formula is C21H27ClN2. The van der Waals surface area contributed by atoms with Crippen LogP contribution in [0.25, 0.3) is 0 Å². The summed E-state index contributed by atoms with van der Waals surface area (Å²) in [5, 5.41) is 0. The smallest absolute Gasteiger partial charge is 0.0989 e. The second kappa shape index (κ2) is 6.90. The van der Waals surface area contributed by atoms with E-state index in [1.54, 1.807) is 0 Å². The van der Waals surface area contributed by atoms with Gasteiger partial charge in [0.1, 0.15) is 0 Å². The molecule has 2 nitrogen and oxygen atoms in total. The van der Waals surface area contributed by atoms with Crippen molar-refractivity contribution in [2.24, 2.45) is 0 Å². The fraction of sp³-hybridized carbons (Fsp3) is 0.333. The number of halogens is 1. The van der Waals surface area contributed by atoms with Crippen LogP contribution in [0.4, 0.5) is 11.4 Å². The van der Waals surface area contributed by atoms with Crippen LogP contribution in [0, 0.1) is 41.5 Å². The van der Waals surface area contributed by atoms with Gasteiger partial charge in [-0.3, -0.25) is 0 Å². The van der Waals surface area contributed by atoms with Crippen molar-refractivity contribution in [2.75, 3.05) is 16.5 Å². The zero-order chi connectivity index (χ0) is 16.7. The maximum Gasteiger partial charge on any atom is 0.0989 e. The molecule has 2 aromatic carbocycles. The first kappa shape index (κ1) is 18.4. The highest BCUT2D eigenvalue weighted by Gasteiger charge is 2.21. The minimum Gasteiger partial charge on any atom is -0.328 e. The van der Waals surface area contributed by atoms with Gasteiger partial charge in [0, 0.05) is 23.8 Å². The number of benzene rings is 2. The van der Waals surface area contributed by atoms with Gasteiger partial charge in [-0.25, -0.2) is 0 Å². The second-order valence-corrected chi connectivity index (χ2v) is 6.87. The minimum atomic E-state index is 0. The first-order chi connectivity index (χ1) is 10.9. The lowest BCUT2D eigenvalue weighted by Gasteiger charge is -2.27. The molecule has 1 aliphatic heterocycles. The van der Waals surface area contributed by atoms with Crippen LogP contribution in [0.15, 0.2) is 36.7 Å². The highest BCUT2D eigenvalue weighted by atomic mass is 35.5. The van der Waals surface area contributed by atoms with Crippen molar-refractivity contribution in [1.82, 2.24) is 0 Å². The minimum absolute atomic E-state index is 0. The Morgan fingerprint density at radius 2 is 0.875 bits per heavy atom. The molecule has 0 fully saturated rings. The van der Waals surface area contributed by atoms with E-state index in [2.05, 4.69) is 88.0 Å². The quantitative estimate of drug-likeness (QED) is 0.689. The van der Waals surface area contributed by atoms with Crippen LogP contribution in [0.2, 0.25) is 0 Å². The van der Waals surface area contributed by atoms with Crippen molar-refractivity contribution < 1.29 is 0 Å². The van der Waals surface area contributed by atoms with Crippen molar-refractivity contribution in [3.8, 4) is 0 Å². The lowest BCUT2D eigenvalue weighted by Crippen LogP contribution is -2.26. The third-order valence-corrected chi connectivity index (χ3v) is 4.58. The van der Waals surface area contributed by atoms with E-state index < -0.39 is 0 Å². The van der Waals surface area contributed by atoms with Crippen LogP contribution >= 0.6 is 12.4 Å². The summed E-state index contributed by atoms with van der Waals surface area (Å²) in [4.78, 5) is 4.70. The van der Waals surface area contributed by atoms with E-state index in [4.69, 9.17) is 0 Å². The summed E-state index contributed by atoms with van der Waals surface area (Å²) in [6, 6.07) is 9.06. The fourth-order valence-electron chi connectivity index (χ4n) is 3.96. The van der Waals surface area contributed by atoms with Crippen molar-refractivity contribution >= 4 is 23.8 Å². The first-order valence-corrected chi connectivity index (χ1v) is 8.24. The summed E-state index contributed by atoms with van der Waals surface area (Å²) in [6.45, 7) is 14.0. The highest BCUT2D eigenvalue weighted by molar-refractivity contribution is 5.85. The van der Waals surface area contributed by atoms with E-state index in [1.165, 1.54) is 44.8 Å². The molecule has 0 bridgehead atoms. The summed E-state index contributed by atoms with van der Waals surface area (Å²) >= 11 is 0. The van der Waals surface area contributed by atoms with E-state index in [0.717, 1.165) is 6.67 Å². The number of aryl methyl sites for hydroxylation is 6. The Labute approximate surface area is 152 Å². The van der Waals surface area contributed by atoms with Gasteiger partial charge in [0.2, 0.25) is 0 Å². The Bertz CT molecular complexity index is 681. The Morgan fingerprint density at radius 1 is 0.583 bits per heavy atom. The van der Waals surface area contributed by atoms with Gasteiger partial charge in [0.05, 0.1) is 6.67 Å². The van der Waals surface area contributed by atoms with E-state index >= 15 is 0 Å². The number of rotatable bonds is 2. The number of hydrogen-bond acceptors (Lipinski definition) is 2. The molecule has 0 unspecified atom stereocenters. The van der Waals surface area contributed by atoms with Crippen LogP contribution in [0.1, 0.15) is 33.4 Å². The molecule has 0 spiro atoms. The molecule has 0 amide bonds. The van der Waals surface area contributed by atoms with Crippen LogP contribution in [0.3, 0.4) is 0 Å². The van der Waals surface area contributed by atoms with E-state index in [1.807, 2.05) is 0 Å². The predicted octanol–water partition coefficient (Wildman–Crippen LogP) is 5.71. The number of hydrogen-bond donors (Lipinski definition) is 0. The normalized spacial score (nSPS) is 13.4. The summed E-state index contributed by atoms with van der Waals surface area (Å²) in [7, 11) is 0. The average molecular weight is 343 g/mol. The van der Waals surface area contributed by atoms with E-state index in [-0.39, 0.29) is 12.4 Å². The van der Waals surface area contributed by atoms with E-state index in [0.29, 0.717) is 0 Å². The monoisotopic (exact) mass is 342 g/mol. The van der Waals surface area contributed by atoms with Gasteiger partial charge < -0.3 is 9.80 Å². The van der Waals surface area contributed by atoms with Crippen LogP contribution in [-0.4, -0.2) is 6.67 Å². The summed E-state index contributed by atoms with van der Waals surface area (Å²) < 4.78 is 0. The second-order valence-electron chi connectivity index (χ2n) is 6.87. The van der Waals surface area contributed by atoms with Gasteiger partial charge in [0.25, 0.3) is 0 Å². The molecule has 1 heterocycles. The highest BCUT2D eigenvalue weighted by Crippen LogP contribution is 2.33. The van der Waals surface area contributed by atoms with Crippen molar-refractivity contribution in [2.45, 2.75) is 41.5 Å². The molecule has 0 aromatic heterocycles. The molecule has 0 atom stereocenters. The molecule has 24 heavy (non-hydrogen) atoms. The van der Waals surface area contributed by atoms with Crippen LogP contribution < -0.4 is 9.80 Å². The lowest BCUT2D eigenvalue weighted by atomic mass is 10.0. The summed E-state index contributed by atoms with van der Waals surface area (Å²) in [5.41, 5.74) is 10.7. The first-order valence-electron chi connectivity index (χ1n) is 8.24. The molecule has 0 radical (unpaired) electrons. The molecule has 0 saturated carbocycles. The van der Waals surface area contributed by atoms with Gasteiger partial charge >= 0.3 is 0 Å². The van der Waals surface area contributed by atoms with Gasteiger partial charge in [-0.05, 0) is 63.8 Å². The third-order valence-electron chi connectivity index (χ3n) is 4.58. The SMILES string of the molecule is Cc1cc(C)c(N2C=CN(c3c(C)cc(C)cc3C)C2)c(C)c1.Cl. The van der Waals surface area contributed by atoms with Crippen molar-refractivity contribution in [3.63, 3.8) is 0 Å². The third kappa shape index (κ3) is 3.29. The Balaban J connectivity index is 0.00000208. The Kier molecular flexibility index (Phi) is 5.29. The lowest BCUT2D eigenvalue weighted by molar-refractivity contribution is 0.954. The molecule has 0 N–H and O–H groups in total. The molecule has 0 saturated heterocycles. The van der Waals surface area contributed by atoms with Crippen LogP contribution in [0.5, 0.6) is 0 Å². The van der Waals surface area contributed by atoms with Gasteiger partial charge in [-0.15, -0.1) is 12.4 Å². The molecule has 1 aliphatic rings. The molecule has 128 valence electrons. The average Bonchev–Trinajstić information content (AvgIpc) is 2.85. The Morgan fingerprint density at radius 3 is 1.17 bits per heavy atom. The number of nitrogens with zero attached hydrogens (tertiary/aromatic N) is 2. The van der Waals surface area contributed by atoms with Crippen molar-refractivity contribution in [3.05, 3.63) is 70.0 Å². The molecule has 3 rings (SSSR count). The summed E-state index contributed by atoms with van der Waals surface area (Å²) in [5.74, 6) is 0. The Hall–Kier alpha value is -1.93. The van der Waals surface area contributed by atoms with Gasteiger partial charge in [-0.2, -0.15) is 0 Å². The molecule has 0 aliphatic carbocycles. The number of anilines is 2. The predicted molar refractivity (Wildman–Crippen MR) is 108 cm³/mol. The topological polar surface area (TPSA) is 6.48 Å². The maximum absolute atomic E-state index is 2.35. The molecular weight excluding hydrogens is 316 g/mol. The standard InChI is InChI=1S/C21H26N2.ClH/c1-14-9-16(3)20(17(4)10-14)22-7-8-23(13-22)21-18(5)11-15(2)12-19(21)6;/h7-12H,13H2,1-6H3;1H. The summed E-state index contributed by atoms with van der Waals surface area (Å²) in [6.07, 6.45) is 4.40. The zero-order valence-electron chi connectivity index (χ0n) is 15.5. The molecule has 2 aromatic rings. The molecule has 3 heteroatoms. The van der Waals surface area contributed by atoms with Gasteiger partial charge in [0.15, 0.2) is 0 Å². The fourth-order valence-corrected chi connectivity index (χ4v) is 3.96. The van der Waals surface area contributed by atoms with Crippen LogP contribution in [-0.2, 0) is 0 Å². The van der Waals surface area contributed by atoms with Gasteiger partial charge in [-0.1, -0.05) is 35.4 Å². The van der Waals surface area contributed by atoms with E-state index in [9.17, 15) is 0 Å². The largest absolute Gasteiger partial charge is 0.328 e. The van der Waals surface area contributed by atoms with Crippen molar-refractivity contribution in [1.29, 1.82) is 0 Å². The maximum atomic E-state index is 2.35. The zero-order valence-corrected chi connectivity index (χ0v) is 16.3.